The van der Waals surface area contributed by atoms with E-state index < -0.39 is 10.0 Å². The number of benzene rings is 2. The van der Waals surface area contributed by atoms with Crippen LogP contribution < -0.4 is 4.72 Å². The third kappa shape index (κ3) is 3.61. The first kappa shape index (κ1) is 19.3. The van der Waals surface area contributed by atoms with Gasteiger partial charge in [0.15, 0.2) is 5.13 Å². The lowest BCUT2D eigenvalue weighted by Gasteiger charge is -2.08. The van der Waals surface area contributed by atoms with Crippen LogP contribution >= 0.6 is 11.3 Å². The van der Waals surface area contributed by atoms with Gasteiger partial charge in [-0.25, -0.2) is 13.4 Å². The molecule has 0 unspecified atom stereocenters. The van der Waals surface area contributed by atoms with Crippen LogP contribution in [0.3, 0.4) is 0 Å². The minimum Gasteiger partial charge on any atom is -0.268 e. The normalized spacial score (nSPS) is 15.1. The third-order valence-corrected chi connectivity index (χ3v) is 7.90. The minimum absolute atomic E-state index is 0.191. The van der Waals surface area contributed by atoms with Gasteiger partial charge in [0.05, 0.1) is 16.3 Å². The Bertz CT molecular complexity index is 1300. The molecule has 0 atom stereocenters. The van der Waals surface area contributed by atoms with Crippen LogP contribution in [0.5, 0.6) is 0 Å². The van der Waals surface area contributed by atoms with Gasteiger partial charge in [0.25, 0.3) is 10.0 Å². The number of fused-ring (bicyclic) bond motifs is 1. The minimum atomic E-state index is -3.84. The van der Waals surface area contributed by atoms with Gasteiger partial charge in [-0.3, -0.25) is 9.40 Å². The van der Waals surface area contributed by atoms with E-state index in [9.17, 15) is 8.42 Å². The lowest BCUT2D eigenvalue weighted by atomic mass is 10.2. The fourth-order valence-electron chi connectivity index (χ4n) is 3.97. The number of hydrogen-bond acceptors (Lipinski definition) is 5. The molecule has 4 aromatic rings. The second-order valence-corrected chi connectivity index (χ2v) is 10.4. The Labute approximate surface area is 179 Å². The van der Waals surface area contributed by atoms with Crippen LogP contribution in [0, 0.1) is 6.92 Å². The van der Waals surface area contributed by atoms with Crippen LogP contribution in [-0.4, -0.2) is 23.2 Å². The quantitative estimate of drug-likeness (QED) is 0.454. The molecule has 1 aliphatic rings. The van der Waals surface area contributed by atoms with Crippen LogP contribution in [0.15, 0.2) is 59.6 Å². The molecule has 0 radical (unpaired) electrons. The molecule has 0 spiro atoms. The summed E-state index contributed by atoms with van der Waals surface area (Å²) >= 11 is 1.34. The summed E-state index contributed by atoms with van der Waals surface area (Å²) in [4.78, 5) is 4.64. The van der Waals surface area contributed by atoms with Crippen molar-refractivity contribution >= 4 is 36.7 Å². The van der Waals surface area contributed by atoms with Gasteiger partial charge in [-0.1, -0.05) is 60.6 Å². The molecule has 1 saturated carbocycles. The first-order chi connectivity index (χ1) is 14.5. The monoisotopic (exact) mass is 438 g/mol. The Balaban J connectivity index is 1.56. The van der Waals surface area contributed by atoms with E-state index in [0.29, 0.717) is 10.8 Å². The summed E-state index contributed by atoms with van der Waals surface area (Å²) in [7, 11) is -3.84. The van der Waals surface area contributed by atoms with Crippen molar-refractivity contribution in [3.8, 4) is 11.3 Å². The van der Waals surface area contributed by atoms with E-state index in [1.807, 2.05) is 60.1 Å². The summed E-state index contributed by atoms with van der Waals surface area (Å²) in [5.74, 6) is 0. The van der Waals surface area contributed by atoms with Gasteiger partial charge in [0, 0.05) is 11.8 Å². The summed E-state index contributed by atoms with van der Waals surface area (Å²) in [5.41, 5.74) is 3.17. The molecule has 2 aromatic heterocycles. The number of hydrogen-bond donors (Lipinski definition) is 1. The Morgan fingerprint density at radius 1 is 1.10 bits per heavy atom. The van der Waals surface area contributed by atoms with Gasteiger partial charge in [-0.05, 0) is 37.5 Å². The van der Waals surface area contributed by atoms with Gasteiger partial charge in [-0.15, -0.1) is 0 Å². The molecule has 2 heterocycles. The third-order valence-electron chi connectivity index (χ3n) is 5.50. The zero-order valence-corrected chi connectivity index (χ0v) is 18.2. The molecular formula is C22H22N4O2S2. The summed E-state index contributed by atoms with van der Waals surface area (Å²) in [5, 5.41) is 5.07. The number of sulfonamides is 1. The molecule has 0 amide bonds. The van der Waals surface area contributed by atoms with Crippen molar-refractivity contribution < 1.29 is 8.42 Å². The lowest BCUT2D eigenvalue weighted by Crippen LogP contribution is -2.13. The summed E-state index contributed by atoms with van der Waals surface area (Å²) in [6, 6.07) is 15.6. The molecule has 5 rings (SSSR count). The highest BCUT2D eigenvalue weighted by molar-refractivity contribution is 7.93. The molecule has 1 N–H and O–H groups in total. The lowest BCUT2D eigenvalue weighted by molar-refractivity contribution is 0.467. The second kappa shape index (κ2) is 7.52. The number of nitrogens with one attached hydrogen (secondary N) is 1. The van der Waals surface area contributed by atoms with Crippen molar-refractivity contribution in [1.82, 2.24) is 14.8 Å². The molecule has 154 valence electrons. The van der Waals surface area contributed by atoms with Gasteiger partial charge >= 0.3 is 0 Å². The van der Waals surface area contributed by atoms with Gasteiger partial charge < -0.3 is 0 Å². The predicted octanol–water partition coefficient (Wildman–Crippen LogP) is 5.38. The molecule has 2 aromatic carbocycles. The first-order valence-electron chi connectivity index (χ1n) is 10.0. The maximum atomic E-state index is 13.4. The molecule has 0 bridgehead atoms. The van der Waals surface area contributed by atoms with E-state index in [1.54, 1.807) is 6.20 Å². The van der Waals surface area contributed by atoms with Crippen LogP contribution in [0.2, 0.25) is 0 Å². The molecule has 1 fully saturated rings. The Hall–Kier alpha value is -2.71. The highest BCUT2D eigenvalue weighted by Gasteiger charge is 2.28. The van der Waals surface area contributed by atoms with Crippen LogP contribution in [0.4, 0.5) is 5.13 Å². The van der Waals surface area contributed by atoms with Crippen molar-refractivity contribution in [1.29, 1.82) is 0 Å². The predicted molar refractivity (Wildman–Crippen MR) is 120 cm³/mol. The zero-order chi connectivity index (χ0) is 20.7. The number of aryl methyl sites for hydroxylation is 1. The topological polar surface area (TPSA) is 76.9 Å². The van der Waals surface area contributed by atoms with Crippen LogP contribution in [0.1, 0.15) is 37.3 Å². The smallest absolute Gasteiger partial charge is 0.267 e. The Morgan fingerprint density at radius 3 is 2.63 bits per heavy atom. The van der Waals surface area contributed by atoms with Crippen LogP contribution in [0.25, 0.3) is 21.5 Å². The number of rotatable bonds is 5. The van der Waals surface area contributed by atoms with Crippen molar-refractivity contribution in [3.63, 3.8) is 0 Å². The molecular weight excluding hydrogens is 416 g/mol. The maximum absolute atomic E-state index is 13.4. The number of thiazole rings is 1. The van der Waals surface area contributed by atoms with Gasteiger partial charge in [-0.2, -0.15) is 5.10 Å². The molecule has 30 heavy (non-hydrogen) atoms. The van der Waals surface area contributed by atoms with E-state index >= 15 is 0 Å². The van der Waals surface area contributed by atoms with Gasteiger partial charge in [0.2, 0.25) is 0 Å². The van der Waals surface area contributed by atoms with E-state index in [1.165, 1.54) is 11.3 Å². The summed E-state index contributed by atoms with van der Waals surface area (Å²) in [6.07, 6.45) is 6.03. The molecule has 1 aliphatic carbocycles. The van der Waals surface area contributed by atoms with Crippen LogP contribution in [-0.2, 0) is 10.0 Å². The average molecular weight is 439 g/mol. The Morgan fingerprint density at radius 2 is 1.87 bits per heavy atom. The summed E-state index contributed by atoms with van der Waals surface area (Å²) in [6.45, 7) is 2.01. The molecule has 0 aliphatic heterocycles. The highest BCUT2D eigenvalue weighted by Crippen LogP contribution is 2.35. The first-order valence-corrected chi connectivity index (χ1v) is 12.3. The maximum Gasteiger partial charge on any atom is 0.267 e. The SMILES string of the molecule is Cc1ccc2nc(NS(=O)(=O)c3cn(C4CCCC4)nc3-c3ccccc3)sc2c1. The van der Waals surface area contributed by atoms with E-state index in [2.05, 4.69) is 9.71 Å². The van der Waals surface area contributed by atoms with E-state index in [-0.39, 0.29) is 10.9 Å². The summed E-state index contributed by atoms with van der Waals surface area (Å²) < 4.78 is 32.2. The number of nitrogens with zero attached hydrogens (tertiary/aromatic N) is 3. The van der Waals surface area contributed by atoms with Crippen molar-refractivity contribution in [2.75, 3.05) is 4.72 Å². The molecule has 0 saturated heterocycles. The molecule has 6 nitrogen and oxygen atoms in total. The number of anilines is 1. The van der Waals surface area contributed by atoms with Crippen molar-refractivity contribution in [2.24, 2.45) is 0 Å². The number of aromatic nitrogens is 3. The fourth-order valence-corrected chi connectivity index (χ4v) is 6.33. The highest BCUT2D eigenvalue weighted by atomic mass is 32.2. The van der Waals surface area contributed by atoms with E-state index in [0.717, 1.165) is 47.0 Å². The van der Waals surface area contributed by atoms with E-state index in [4.69, 9.17) is 5.10 Å². The second-order valence-electron chi connectivity index (χ2n) is 7.72. The van der Waals surface area contributed by atoms with Gasteiger partial charge in [0.1, 0.15) is 10.6 Å². The standard InChI is InChI=1S/C22H22N4O2S2/c1-15-11-12-18-19(13-15)29-22(23-18)25-30(27,28)20-14-26(17-9-5-6-10-17)24-21(20)16-7-3-2-4-8-16/h2-4,7-8,11-14,17H,5-6,9-10H2,1H3,(H,23,25). The van der Waals surface area contributed by atoms with Crippen molar-refractivity contribution in [2.45, 2.75) is 43.5 Å². The largest absolute Gasteiger partial charge is 0.268 e. The average Bonchev–Trinajstić information content (AvgIpc) is 3.47. The molecule has 8 heteroatoms. The Kier molecular flexibility index (Phi) is 4.83. The van der Waals surface area contributed by atoms with Crippen molar-refractivity contribution in [3.05, 3.63) is 60.3 Å². The fraction of sp³-hybridized carbons (Fsp3) is 0.273. The zero-order valence-electron chi connectivity index (χ0n) is 16.6.